The Kier molecular flexibility index (Phi) is 4.14. The number of benzene rings is 1. The Bertz CT molecular complexity index is 951. The first kappa shape index (κ1) is 16.8. The van der Waals surface area contributed by atoms with Gasteiger partial charge in [-0.25, -0.2) is 4.98 Å². The Hall–Kier alpha value is -2.36. The van der Waals surface area contributed by atoms with Crippen LogP contribution in [0.15, 0.2) is 36.5 Å². The van der Waals surface area contributed by atoms with Crippen molar-refractivity contribution in [3.8, 4) is 0 Å². The van der Waals surface area contributed by atoms with Crippen LogP contribution >= 0.6 is 0 Å². The van der Waals surface area contributed by atoms with Gasteiger partial charge in [-0.3, -0.25) is 0 Å². The van der Waals surface area contributed by atoms with E-state index in [0.29, 0.717) is 5.41 Å². The molecule has 4 nitrogen and oxygen atoms in total. The molecule has 0 amide bonds. The van der Waals surface area contributed by atoms with Crippen LogP contribution in [0.4, 0.5) is 5.82 Å². The van der Waals surface area contributed by atoms with Crippen LogP contribution in [0.3, 0.4) is 0 Å². The Labute approximate surface area is 161 Å². The van der Waals surface area contributed by atoms with E-state index in [2.05, 4.69) is 47.1 Å². The summed E-state index contributed by atoms with van der Waals surface area (Å²) in [6, 6.07) is 10.6. The van der Waals surface area contributed by atoms with Gasteiger partial charge in [-0.05, 0) is 37.7 Å². The summed E-state index contributed by atoms with van der Waals surface area (Å²) in [6.45, 7) is 3.01. The predicted octanol–water partition coefficient (Wildman–Crippen LogP) is 5.05. The van der Waals surface area contributed by atoms with E-state index in [0.717, 1.165) is 25.0 Å². The van der Waals surface area contributed by atoms with E-state index in [4.69, 9.17) is 10.1 Å². The standard InChI is InChI=1S/C23H28N4/c1-2-18-16-25-27-21(18)26-20-19(11-14-23(20)12-7-4-8-13-23)22(27)24-15-17-9-5-3-6-10-17/h3,5-6,9-10,16,24H,2,4,7-8,11-15H2,1H3. The zero-order valence-electron chi connectivity index (χ0n) is 16.2. The minimum absolute atomic E-state index is 0.313. The van der Waals surface area contributed by atoms with Gasteiger partial charge in [0.2, 0.25) is 0 Å². The van der Waals surface area contributed by atoms with Crippen LogP contribution in [0.5, 0.6) is 0 Å². The zero-order chi connectivity index (χ0) is 18.3. The molecule has 27 heavy (non-hydrogen) atoms. The minimum Gasteiger partial charge on any atom is -0.366 e. The second-order valence-corrected chi connectivity index (χ2v) is 8.23. The molecule has 4 heteroatoms. The molecule has 0 bridgehead atoms. The predicted molar refractivity (Wildman–Crippen MR) is 109 cm³/mol. The molecular formula is C23H28N4. The highest BCUT2D eigenvalue weighted by molar-refractivity contribution is 5.61. The Balaban J connectivity index is 1.62. The molecule has 1 aromatic carbocycles. The van der Waals surface area contributed by atoms with Gasteiger partial charge in [-0.2, -0.15) is 9.61 Å². The van der Waals surface area contributed by atoms with E-state index in [9.17, 15) is 0 Å². The molecule has 0 aliphatic heterocycles. The first-order chi connectivity index (χ1) is 13.3. The fraction of sp³-hybridized carbons (Fsp3) is 0.478. The van der Waals surface area contributed by atoms with Crippen LogP contribution in [0, 0.1) is 0 Å². The summed E-state index contributed by atoms with van der Waals surface area (Å²) in [5.74, 6) is 1.17. The van der Waals surface area contributed by atoms with Crippen LogP contribution in [-0.4, -0.2) is 14.6 Å². The normalized spacial score (nSPS) is 18.1. The molecule has 0 atom stereocenters. The third-order valence-electron chi connectivity index (χ3n) is 6.67. The second-order valence-electron chi connectivity index (χ2n) is 8.23. The summed E-state index contributed by atoms with van der Waals surface area (Å²) in [5, 5.41) is 8.43. The van der Waals surface area contributed by atoms with Gasteiger partial charge in [0.05, 0.1) is 11.9 Å². The Morgan fingerprint density at radius 3 is 2.67 bits per heavy atom. The van der Waals surface area contributed by atoms with E-state index in [-0.39, 0.29) is 0 Å². The average Bonchev–Trinajstić information content (AvgIpc) is 3.29. The number of aromatic nitrogens is 3. The molecule has 2 aliphatic rings. The van der Waals surface area contributed by atoms with Crippen LogP contribution in [0.25, 0.3) is 5.65 Å². The molecule has 2 heterocycles. The fourth-order valence-electron chi connectivity index (χ4n) is 5.16. The van der Waals surface area contributed by atoms with E-state index in [1.54, 1.807) is 0 Å². The van der Waals surface area contributed by atoms with Gasteiger partial charge in [0.25, 0.3) is 0 Å². The third kappa shape index (κ3) is 2.73. The van der Waals surface area contributed by atoms with Gasteiger partial charge in [0.1, 0.15) is 5.82 Å². The average molecular weight is 361 g/mol. The Morgan fingerprint density at radius 1 is 1.07 bits per heavy atom. The molecular weight excluding hydrogens is 332 g/mol. The minimum atomic E-state index is 0.313. The number of hydrogen-bond acceptors (Lipinski definition) is 3. The van der Waals surface area contributed by atoms with Gasteiger partial charge in [-0.1, -0.05) is 56.5 Å². The largest absolute Gasteiger partial charge is 0.366 e. The molecule has 1 fully saturated rings. The van der Waals surface area contributed by atoms with Crippen molar-refractivity contribution in [1.29, 1.82) is 0 Å². The van der Waals surface area contributed by atoms with Crippen molar-refractivity contribution in [2.45, 2.75) is 70.3 Å². The molecule has 2 aromatic heterocycles. The SMILES string of the molecule is CCc1cnn2c(NCc3ccccc3)c3c(nc12)C1(CCCCC1)CC3. The van der Waals surface area contributed by atoms with E-state index < -0.39 is 0 Å². The highest BCUT2D eigenvalue weighted by atomic mass is 15.3. The van der Waals surface area contributed by atoms with Crippen LogP contribution in [0.2, 0.25) is 0 Å². The van der Waals surface area contributed by atoms with Gasteiger partial charge < -0.3 is 5.32 Å². The lowest BCUT2D eigenvalue weighted by Gasteiger charge is -2.33. The topological polar surface area (TPSA) is 42.2 Å². The smallest absolute Gasteiger partial charge is 0.160 e. The van der Waals surface area contributed by atoms with E-state index >= 15 is 0 Å². The number of anilines is 1. The molecule has 1 saturated carbocycles. The number of rotatable bonds is 4. The monoisotopic (exact) mass is 360 g/mol. The quantitative estimate of drug-likeness (QED) is 0.708. The number of fused-ring (bicyclic) bond motifs is 3. The van der Waals surface area contributed by atoms with Gasteiger partial charge in [0.15, 0.2) is 5.65 Å². The third-order valence-corrected chi connectivity index (χ3v) is 6.67. The number of nitrogens with zero attached hydrogens (tertiary/aromatic N) is 3. The van der Waals surface area contributed by atoms with E-state index in [1.807, 2.05) is 6.20 Å². The zero-order valence-corrected chi connectivity index (χ0v) is 16.2. The molecule has 5 rings (SSSR count). The van der Waals surface area contributed by atoms with Gasteiger partial charge in [0, 0.05) is 23.1 Å². The highest BCUT2D eigenvalue weighted by Gasteiger charge is 2.43. The van der Waals surface area contributed by atoms with Crippen molar-refractivity contribution in [2.24, 2.45) is 0 Å². The molecule has 140 valence electrons. The summed E-state index contributed by atoms with van der Waals surface area (Å²) < 4.78 is 2.06. The Morgan fingerprint density at radius 2 is 1.89 bits per heavy atom. The summed E-state index contributed by atoms with van der Waals surface area (Å²) in [7, 11) is 0. The fourth-order valence-corrected chi connectivity index (χ4v) is 5.16. The van der Waals surface area contributed by atoms with Crippen LogP contribution in [0.1, 0.15) is 67.8 Å². The summed E-state index contributed by atoms with van der Waals surface area (Å²) in [5.41, 5.74) is 6.70. The molecule has 0 saturated heterocycles. The highest BCUT2D eigenvalue weighted by Crippen LogP contribution is 2.49. The lowest BCUT2D eigenvalue weighted by molar-refractivity contribution is 0.286. The summed E-state index contributed by atoms with van der Waals surface area (Å²) in [4.78, 5) is 5.24. The van der Waals surface area contributed by atoms with Crippen molar-refractivity contribution in [3.05, 3.63) is 58.9 Å². The van der Waals surface area contributed by atoms with E-state index in [1.165, 1.54) is 66.7 Å². The molecule has 1 N–H and O–H groups in total. The maximum Gasteiger partial charge on any atom is 0.160 e. The van der Waals surface area contributed by atoms with Gasteiger partial charge in [-0.15, -0.1) is 0 Å². The maximum absolute atomic E-state index is 5.24. The first-order valence-electron chi connectivity index (χ1n) is 10.5. The maximum atomic E-state index is 5.24. The van der Waals surface area contributed by atoms with Crippen molar-refractivity contribution >= 4 is 11.5 Å². The lowest BCUT2D eigenvalue weighted by Crippen LogP contribution is -2.27. The number of aryl methyl sites for hydroxylation is 1. The van der Waals surface area contributed by atoms with Crippen molar-refractivity contribution in [1.82, 2.24) is 14.6 Å². The molecule has 3 aromatic rings. The van der Waals surface area contributed by atoms with Crippen molar-refractivity contribution in [3.63, 3.8) is 0 Å². The summed E-state index contributed by atoms with van der Waals surface area (Å²) in [6.07, 6.45) is 12.0. The van der Waals surface area contributed by atoms with Gasteiger partial charge >= 0.3 is 0 Å². The lowest BCUT2D eigenvalue weighted by atomic mass is 9.72. The first-order valence-corrected chi connectivity index (χ1v) is 10.5. The molecule has 2 aliphatic carbocycles. The number of hydrogen-bond donors (Lipinski definition) is 1. The van der Waals surface area contributed by atoms with Crippen LogP contribution in [-0.2, 0) is 24.8 Å². The molecule has 1 spiro atoms. The second kappa shape index (κ2) is 6.66. The van der Waals surface area contributed by atoms with Crippen LogP contribution < -0.4 is 5.32 Å². The molecule has 0 unspecified atom stereocenters. The van der Waals surface area contributed by atoms with Crippen molar-refractivity contribution < 1.29 is 0 Å². The molecule has 0 radical (unpaired) electrons. The number of nitrogens with one attached hydrogen (secondary N) is 1. The van der Waals surface area contributed by atoms with Crippen molar-refractivity contribution in [2.75, 3.05) is 5.32 Å². The summed E-state index contributed by atoms with van der Waals surface area (Å²) >= 11 is 0.